The Morgan fingerprint density at radius 1 is 0.805 bits per heavy atom. The van der Waals surface area contributed by atoms with Crippen molar-refractivity contribution in [2.45, 2.75) is 5.92 Å². The Kier molecular flexibility index (Phi) is 8.98. The van der Waals surface area contributed by atoms with Gasteiger partial charge in [0.1, 0.15) is 12.4 Å². The Morgan fingerprint density at radius 3 is 1.90 bits per heavy atom. The summed E-state index contributed by atoms with van der Waals surface area (Å²) in [4.78, 5) is 29.2. The van der Waals surface area contributed by atoms with Gasteiger partial charge in [-0.1, -0.05) is 109 Å². The van der Waals surface area contributed by atoms with E-state index in [2.05, 4.69) is 5.32 Å². The number of hydrogen-bond donors (Lipinski definition) is 1. The number of methoxy groups -OCH3 is 1. The van der Waals surface area contributed by atoms with Gasteiger partial charge in [0.25, 0.3) is 0 Å². The average Bonchev–Trinajstić information content (AvgIpc) is 3.45. The van der Waals surface area contributed by atoms with Gasteiger partial charge in [0, 0.05) is 25.3 Å². The van der Waals surface area contributed by atoms with Crippen molar-refractivity contribution >= 4 is 17.6 Å². The first kappa shape index (κ1) is 27.6. The van der Waals surface area contributed by atoms with E-state index in [0.717, 1.165) is 28.1 Å². The van der Waals surface area contributed by atoms with E-state index in [-0.39, 0.29) is 24.9 Å². The highest BCUT2D eigenvalue weighted by molar-refractivity contribution is 5.96. The largest absolute Gasteiger partial charge is 0.383 e. The van der Waals surface area contributed by atoms with E-state index >= 15 is 0 Å². The maximum Gasteiger partial charge on any atom is 0.245 e. The molecule has 1 aromatic heterocycles. The molecule has 0 spiro atoms. The highest BCUT2D eigenvalue weighted by atomic mass is 16.5. The molecule has 0 aliphatic rings. The van der Waals surface area contributed by atoms with E-state index in [1.54, 1.807) is 16.7 Å². The minimum atomic E-state index is -0.554. The van der Waals surface area contributed by atoms with Gasteiger partial charge in [0.05, 0.1) is 23.9 Å². The Labute approximate surface area is 240 Å². The molecule has 4 aromatic carbocycles. The summed E-state index contributed by atoms with van der Waals surface area (Å²) in [7, 11) is 1.58. The predicted octanol–water partition coefficient (Wildman–Crippen LogP) is 5.78. The molecule has 5 rings (SSSR count). The van der Waals surface area contributed by atoms with Gasteiger partial charge >= 0.3 is 0 Å². The number of benzene rings is 4. The SMILES string of the molecule is COCCN(CC(=O)Nc1cc(-c2ccccc2)nn1-c1ccccc1)C(=O)C(c1ccccc1)c1ccccc1. The van der Waals surface area contributed by atoms with E-state index in [4.69, 9.17) is 9.84 Å². The van der Waals surface area contributed by atoms with Gasteiger partial charge in [-0.15, -0.1) is 0 Å². The van der Waals surface area contributed by atoms with Crippen LogP contribution in [0.1, 0.15) is 17.0 Å². The first-order chi connectivity index (χ1) is 20.1. The lowest BCUT2D eigenvalue weighted by Crippen LogP contribution is -2.42. The molecule has 41 heavy (non-hydrogen) atoms. The lowest BCUT2D eigenvalue weighted by atomic mass is 9.90. The van der Waals surface area contributed by atoms with Gasteiger partial charge in [-0.25, -0.2) is 4.68 Å². The highest BCUT2D eigenvalue weighted by Gasteiger charge is 2.29. The van der Waals surface area contributed by atoms with Crippen molar-refractivity contribution in [3.05, 3.63) is 139 Å². The first-order valence-corrected chi connectivity index (χ1v) is 13.5. The molecule has 2 amide bonds. The fraction of sp³-hybridized carbons (Fsp3) is 0.147. The van der Waals surface area contributed by atoms with Gasteiger partial charge in [-0.3, -0.25) is 9.59 Å². The summed E-state index contributed by atoms with van der Waals surface area (Å²) in [5.41, 5.74) is 4.20. The Bertz CT molecular complexity index is 1520. The summed E-state index contributed by atoms with van der Waals surface area (Å²) >= 11 is 0. The summed E-state index contributed by atoms with van der Waals surface area (Å²) in [6.07, 6.45) is 0. The first-order valence-electron chi connectivity index (χ1n) is 13.5. The Hall–Kier alpha value is -5.01. The number of ether oxygens (including phenoxy) is 1. The van der Waals surface area contributed by atoms with Crippen LogP contribution >= 0.6 is 0 Å². The minimum absolute atomic E-state index is 0.140. The summed E-state index contributed by atoms with van der Waals surface area (Å²) < 4.78 is 7.01. The van der Waals surface area contributed by atoms with Gasteiger partial charge in [0.15, 0.2) is 0 Å². The summed E-state index contributed by atoms with van der Waals surface area (Å²) in [6.45, 7) is 0.431. The molecule has 1 heterocycles. The van der Waals surface area contributed by atoms with Crippen LogP contribution in [0, 0.1) is 0 Å². The lowest BCUT2D eigenvalue weighted by Gasteiger charge is -2.27. The number of aromatic nitrogens is 2. The normalized spacial score (nSPS) is 10.9. The third-order valence-corrected chi connectivity index (χ3v) is 6.77. The quantitative estimate of drug-likeness (QED) is 0.229. The van der Waals surface area contributed by atoms with Crippen LogP contribution in [0.3, 0.4) is 0 Å². The lowest BCUT2D eigenvalue weighted by molar-refractivity contribution is -0.135. The van der Waals surface area contributed by atoms with E-state index in [1.165, 1.54) is 0 Å². The van der Waals surface area contributed by atoms with Crippen LogP contribution in [0.25, 0.3) is 16.9 Å². The second kappa shape index (κ2) is 13.4. The van der Waals surface area contributed by atoms with Crippen LogP contribution < -0.4 is 5.32 Å². The Balaban J connectivity index is 1.43. The molecule has 0 aliphatic heterocycles. The van der Waals surface area contributed by atoms with Crippen LogP contribution in [0.4, 0.5) is 5.82 Å². The van der Waals surface area contributed by atoms with Crippen LogP contribution in [0.5, 0.6) is 0 Å². The smallest absolute Gasteiger partial charge is 0.245 e. The monoisotopic (exact) mass is 544 g/mol. The third-order valence-electron chi connectivity index (χ3n) is 6.77. The van der Waals surface area contributed by atoms with Crippen LogP contribution in [0.2, 0.25) is 0 Å². The zero-order valence-electron chi connectivity index (χ0n) is 22.9. The molecule has 5 aromatic rings. The van der Waals surface area contributed by atoms with E-state index < -0.39 is 5.92 Å². The standard InChI is InChI=1S/C34H32N4O3/c1-41-23-22-37(34(40)33(27-16-8-3-9-17-27)28-18-10-4-11-19-28)25-32(39)35-31-24-30(26-14-6-2-7-15-26)36-38(31)29-20-12-5-13-21-29/h2-21,24,33H,22-23,25H2,1H3,(H,35,39). The van der Waals surface area contributed by atoms with Crippen molar-refractivity contribution in [2.24, 2.45) is 0 Å². The number of amides is 2. The number of nitrogens with one attached hydrogen (secondary N) is 1. The molecule has 0 atom stereocenters. The third kappa shape index (κ3) is 6.77. The van der Waals surface area contributed by atoms with Gasteiger partial charge < -0.3 is 15.0 Å². The molecule has 0 saturated carbocycles. The fourth-order valence-corrected chi connectivity index (χ4v) is 4.76. The van der Waals surface area contributed by atoms with E-state index in [0.29, 0.717) is 12.4 Å². The Morgan fingerprint density at radius 2 is 1.34 bits per heavy atom. The van der Waals surface area contributed by atoms with Gasteiger partial charge in [0.2, 0.25) is 11.8 Å². The molecule has 0 aliphatic carbocycles. The number of carbonyl (C=O) groups excluding carboxylic acids is 2. The van der Waals surface area contributed by atoms with Crippen molar-refractivity contribution in [2.75, 3.05) is 32.1 Å². The predicted molar refractivity (Wildman–Crippen MR) is 161 cm³/mol. The van der Waals surface area contributed by atoms with Crippen molar-refractivity contribution in [1.82, 2.24) is 14.7 Å². The summed E-state index contributed by atoms with van der Waals surface area (Å²) in [5.74, 6) is -0.536. The highest BCUT2D eigenvalue weighted by Crippen LogP contribution is 2.28. The molecule has 7 nitrogen and oxygen atoms in total. The van der Waals surface area contributed by atoms with Gasteiger partial charge in [-0.2, -0.15) is 5.10 Å². The maximum absolute atomic E-state index is 14.1. The summed E-state index contributed by atoms with van der Waals surface area (Å²) in [6, 6.07) is 40.5. The van der Waals surface area contributed by atoms with E-state index in [9.17, 15) is 9.59 Å². The van der Waals surface area contributed by atoms with Crippen molar-refractivity contribution in [1.29, 1.82) is 0 Å². The topological polar surface area (TPSA) is 76.5 Å². The van der Waals surface area contributed by atoms with Gasteiger partial charge in [-0.05, 0) is 23.3 Å². The molecule has 0 bridgehead atoms. The second-order valence-electron chi connectivity index (χ2n) is 9.58. The van der Waals surface area contributed by atoms with Crippen molar-refractivity contribution < 1.29 is 14.3 Å². The number of para-hydroxylation sites is 1. The van der Waals surface area contributed by atoms with Crippen molar-refractivity contribution in [3.8, 4) is 16.9 Å². The van der Waals surface area contributed by atoms with Crippen LogP contribution in [-0.4, -0.2) is 53.3 Å². The summed E-state index contributed by atoms with van der Waals surface area (Å²) in [5, 5.41) is 7.78. The number of nitrogens with zero attached hydrogens (tertiary/aromatic N) is 3. The molecule has 0 fully saturated rings. The van der Waals surface area contributed by atoms with Crippen LogP contribution in [-0.2, 0) is 14.3 Å². The molecule has 0 unspecified atom stereocenters. The minimum Gasteiger partial charge on any atom is -0.383 e. The number of carbonyl (C=O) groups is 2. The number of anilines is 1. The number of rotatable bonds is 11. The average molecular weight is 545 g/mol. The van der Waals surface area contributed by atoms with Crippen molar-refractivity contribution in [3.63, 3.8) is 0 Å². The number of hydrogen-bond acceptors (Lipinski definition) is 4. The second-order valence-corrected chi connectivity index (χ2v) is 9.58. The molecule has 0 saturated heterocycles. The molecular formula is C34H32N4O3. The molecule has 1 N–H and O–H groups in total. The molecule has 0 radical (unpaired) electrons. The van der Waals surface area contributed by atoms with Crippen LogP contribution in [0.15, 0.2) is 127 Å². The fourth-order valence-electron chi connectivity index (χ4n) is 4.76. The van der Waals surface area contributed by atoms with E-state index in [1.807, 2.05) is 127 Å². The zero-order chi connectivity index (χ0) is 28.4. The molecule has 206 valence electrons. The molecular weight excluding hydrogens is 512 g/mol. The molecule has 7 heteroatoms. The zero-order valence-corrected chi connectivity index (χ0v) is 22.9. The maximum atomic E-state index is 14.1.